The van der Waals surface area contributed by atoms with E-state index in [4.69, 9.17) is 21.1 Å². The molecular formula is C23H23ClFNO4. The average molecular weight is 432 g/mol. The van der Waals surface area contributed by atoms with E-state index in [0.717, 1.165) is 24.0 Å². The molecule has 0 bridgehead atoms. The molecule has 4 rings (SSSR count). The number of halogens is 2. The Morgan fingerprint density at radius 2 is 2.03 bits per heavy atom. The van der Waals surface area contributed by atoms with Crippen molar-refractivity contribution in [1.29, 1.82) is 0 Å². The van der Waals surface area contributed by atoms with Crippen LogP contribution in [0.25, 0.3) is 0 Å². The van der Waals surface area contributed by atoms with Gasteiger partial charge in [0.25, 0.3) is 5.91 Å². The highest BCUT2D eigenvalue weighted by Crippen LogP contribution is 2.30. The zero-order valence-electron chi connectivity index (χ0n) is 16.7. The maximum absolute atomic E-state index is 13.1. The van der Waals surface area contributed by atoms with Crippen LogP contribution in [0.15, 0.2) is 30.3 Å². The van der Waals surface area contributed by atoms with Crippen LogP contribution in [0.2, 0.25) is 5.02 Å². The summed E-state index contributed by atoms with van der Waals surface area (Å²) in [6.45, 7) is 3.73. The SMILES string of the molecule is Cc1cc2c(cc1C(=O)N1CCC(COc3ccc(F)cc3Cl)CC1)CC(=O)CO2. The van der Waals surface area contributed by atoms with Crippen LogP contribution in [0.5, 0.6) is 11.5 Å². The quantitative estimate of drug-likeness (QED) is 0.727. The topological polar surface area (TPSA) is 55.8 Å². The van der Waals surface area contributed by atoms with Crippen LogP contribution in [0, 0.1) is 18.7 Å². The fraction of sp³-hybridized carbons (Fsp3) is 0.391. The van der Waals surface area contributed by atoms with Crippen LogP contribution in [0.4, 0.5) is 4.39 Å². The first kappa shape index (κ1) is 20.7. The fourth-order valence-corrected chi connectivity index (χ4v) is 4.15. The summed E-state index contributed by atoms with van der Waals surface area (Å²) in [4.78, 5) is 26.6. The number of rotatable bonds is 4. The van der Waals surface area contributed by atoms with Gasteiger partial charge in [-0.25, -0.2) is 4.39 Å². The maximum Gasteiger partial charge on any atom is 0.254 e. The number of piperidine rings is 1. The number of nitrogens with zero attached hydrogens (tertiary/aromatic N) is 1. The second-order valence-electron chi connectivity index (χ2n) is 7.90. The van der Waals surface area contributed by atoms with E-state index in [2.05, 4.69) is 0 Å². The van der Waals surface area contributed by atoms with E-state index < -0.39 is 5.82 Å². The molecule has 1 saturated heterocycles. The number of carbonyl (C=O) groups is 2. The summed E-state index contributed by atoms with van der Waals surface area (Å²) in [7, 11) is 0. The molecule has 0 saturated carbocycles. The number of hydrogen-bond acceptors (Lipinski definition) is 4. The molecule has 0 aliphatic carbocycles. The molecule has 0 unspecified atom stereocenters. The summed E-state index contributed by atoms with van der Waals surface area (Å²) in [5.74, 6) is 1.07. The third-order valence-corrected chi connectivity index (χ3v) is 5.98. The van der Waals surface area contributed by atoms with Crippen molar-refractivity contribution in [2.75, 3.05) is 26.3 Å². The van der Waals surface area contributed by atoms with Crippen molar-refractivity contribution >= 4 is 23.3 Å². The van der Waals surface area contributed by atoms with Crippen LogP contribution < -0.4 is 9.47 Å². The first-order chi connectivity index (χ1) is 14.4. The number of aryl methyl sites for hydroxylation is 1. The molecule has 2 aromatic carbocycles. The second kappa shape index (κ2) is 8.64. The summed E-state index contributed by atoms with van der Waals surface area (Å²) >= 11 is 6.01. The lowest BCUT2D eigenvalue weighted by atomic mass is 9.95. The first-order valence-corrected chi connectivity index (χ1v) is 10.4. The molecule has 5 nitrogen and oxygen atoms in total. The first-order valence-electron chi connectivity index (χ1n) is 10.1. The van der Waals surface area contributed by atoms with Gasteiger partial charge in [0.1, 0.15) is 23.9 Å². The van der Waals surface area contributed by atoms with Gasteiger partial charge in [0.05, 0.1) is 11.6 Å². The van der Waals surface area contributed by atoms with Gasteiger partial charge in [0.15, 0.2) is 5.78 Å². The normalized spacial score (nSPS) is 16.8. The number of ketones is 1. The minimum atomic E-state index is -0.396. The van der Waals surface area contributed by atoms with E-state index in [-0.39, 0.29) is 23.3 Å². The Kier molecular flexibility index (Phi) is 5.95. The number of carbonyl (C=O) groups excluding carboxylic acids is 2. The molecule has 0 radical (unpaired) electrons. The molecule has 2 aromatic rings. The monoisotopic (exact) mass is 431 g/mol. The zero-order valence-corrected chi connectivity index (χ0v) is 17.5. The Labute approximate surface area is 179 Å². The molecule has 0 aromatic heterocycles. The van der Waals surface area contributed by atoms with E-state index in [9.17, 15) is 14.0 Å². The molecule has 2 heterocycles. The summed E-state index contributed by atoms with van der Waals surface area (Å²) in [5.41, 5.74) is 2.25. The molecule has 0 spiro atoms. The lowest BCUT2D eigenvalue weighted by Crippen LogP contribution is -2.40. The van der Waals surface area contributed by atoms with Crippen LogP contribution in [-0.2, 0) is 11.2 Å². The van der Waals surface area contributed by atoms with Gasteiger partial charge in [-0.1, -0.05) is 11.6 Å². The lowest BCUT2D eigenvalue weighted by molar-refractivity contribution is -0.121. The Bertz CT molecular complexity index is 985. The third-order valence-electron chi connectivity index (χ3n) is 5.68. The second-order valence-corrected chi connectivity index (χ2v) is 8.31. The molecule has 1 amide bonds. The van der Waals surface area contributed by atoms with Crippen molar-refractivity contribution < 1.29 is 23.5 Å². The van der Waals surface area contributed by atoms with E-state index in [1.807, 2.05) is 17.9 Å². The smallest absolute Gasteiger partial charge is 0.254 e. The molecule has 7 heteroatoms. The molecular weight excluding hydrogens is 409 g/mol. The standard InChI is InChI=1S/C23H23ClFNO4/c1-14-8-22-16(9-18(27)13-30-22)10-19(14)23(28)26-6-4-15(5-7-26)12-29-21-3-2-17(25)11-20(21)24/h2-3,8,10-11,15H,4-7,9,12-13H2,1H3. The van der Waals surface area contributed by atoms with E-state index in [0.29, 0.717) is 49.1 Å². The van der Waals surface area contributed by atoms with Gasteiger partial charge in [0, 0.05) is 30.6 Å². The minimum absolute atomic E-state index is 0.0192. The largest absolute Gasteiger partial charge is 0.492 e. The van der Waals surface area contributed by atoms with Crippen LogP contribution >= 0.6 is 11.6 Å². The summed E-state index contributed by atoms with van der Waals surface area (Å²) in [6, 6.07) is 7.74. The number of Topliss-reactive ketones (excluding diaryl/α,β-unsaturated/α-hetero) is 1. The molecule has 2 aliphatic heterocycles. The fourth-order valence-electron chi connectivity index (χ4n) is 3.92. The number of amides is 1. The zero-order chi connectivity index (χ0) is 21.3. The van der Waals surface area contributed by atoms with Gasteiger partial charge in [-0.05, 0) is 61.6 Å². The predicted octanol–water partition coefficient (Wildman–Crippen LogP) is 4.22. The maximum atomic E-state index is 13.1. The third kappa shape index (κ3) is 4.43. The van der Waals surface area contributed by atoms with E-state index in [1.165, 1.54) is 18.2 Å². The Morgan fingerprint density at radius 3 is 2.77 bits per heavy atom. The molecule has 0 atom stereocenters. The van der Waals surface area contributed by atoms with Crippen molar-refractivity contribution in [2.45, 2.75) is 26.2 Å². The highest BCUT2D eigenvalue weighted by atomic mass is 35.5. The Morgan fingerprint density at radius 1 is 1.27 bits per heavy atom. The predicted molar refractivity (Wildman–Crippen MR) is 111 cm³/mol. The van der Waals surface area contributed by atoms with Crippen molar-refractivity contribution in [2.24, 2.45) is 5.92 Å². The number of likely N-dealkylation sites (tertiary alicyclic amines) is 1. The van der Waals surface area contributed by atoms with E-state index >= 15 is 0 Å². The van der Waals surface area contributed by atoms with Gasteiger partial charge in [-0.15, -0.1) is 0 Å². The Hall–Kier alpha value is -2.60. The molecule has 0 N–H and O–H groups in total. The minimum Gasteiger partial charge on any atom is -0.492 e. The van der Waals surface area contributed by atoms with Gasteiger partial charge >= 0.3 is 0 Å². The highest BCUT2D eigenvalue weighted by Gasteiger charge is 2.27. The Balaban J connectivity index is 1.35. The van der Waals surface area contributed by atoms with Crippen LogP contribution in [0.3, 0.4) is 0 Å². The number of benzene rings is 2. The number of hydrogen-bond donors (Lipinski definition) is 0. The average Bonchev–Trinajstić information content (AvgIpc) is 2.73. The highest BCUT2D eigenvalue weighted by molar-refractivity contribution is 6.32. The number of ether oxygens (including phenoxy) is 2. The van der Waals surface area contributed by atoms with Crippen LogP contribution in [0.1, 0.15) is 34.3 Å². The van der Waals surface area contributed by atoms with Gasteiger partial charge in [0.2, 0.25) is 0 Å². The van der Waals surface area contributed by atoms with Gasteiger partial charge < -0.3 is 14.4 Å². The summed E-state index contributed by atoms with van der Waals surface area (Å²) < 4.78 is 24.4. The van der Waals surface area contributed by atoms with Crippen molar-refractivity contribution in [3.63, 3.8) is 0 Å². The van der Waals surface area contributed by atoms with E-state index in [1.54, 1.807) is 6.07 Å². The van der Waals surface area contributed by atoms with Crippen LogP contribution in [-0.4, -0.2) is 42.9 Å². The van der Waals surface area contributed by atoms with Gasteiger partial charge in [-0.2, -0.15) is 0 Å². The summed E-state index contributed by atoms with van der Waals surface area (Å²) in [5, 5.41) is 0.257. The molecule has 2 aliphatic rings. The lowest BCUT2D eigenvalue weighted by Gasteiger charge is -2.32. The molecule has 30 heavy (non-hydrogen) atoms. The van der Waals surface area contributed by atoms with Crippen molar-refractivity contribution in [3.8, 4) is 11.5 Å². The van der Waals surface area contributed by atoms with Crippen molar-refractivity contribution in [3.05, 3.63) is 57.9 Å². The molecule has 1 fully saturated rings. The van der Waals surface area contributed by atoms with Crippen molar-refractivity contribution in [1.82, 2.24) is 4.90 Å². The number of fused-ring (bicyclic) bond motifs is 1. The summed E-state index contributed by atoms with van der Waals surface area (Å²) in [6.07, 6.45) is 1.94. The molecule has 158 valence electrons. The van der Waals surface area contributed by atoms with Gasteiger partial charge in [-0.3, -0.25) is 9.59 Å².